The number of benzene rings is 2. The minimum Gasteiger partial charge on any atom is -0.311 e. The third-order valence-electron chi connectivity index (χ3n) is 3.43. The zero-order valence-corrected chi connectivity index (χ0v) is 12.2. The SMILES string of the molecule is Cc1cccc(C)c1CNCC(Cl)c1ccccc1. The molecule has 2 rings (SSSR count). The number of nitrogens with one attached hydrogen (secondary N) is 1. The van der Waals surface area contributed by atoms with Gasteiger partial charge in [0.2, 0.25) is 0 Å². The van der Waals surface area contributed by atoms with Crippen molar-refractivity contribution < 1.29 is 0 Å². The Balaban J connectivity index is 1.90. The monoisotopic (exact) mass is 273 g/mol. The molecule has 0 heterocycles. The molecule has 2 heteroatoms. The fourth-order valence-electron chi connectivity index (χ4n) is 2.23. The zero-order chi connectivity index (χ0) is 13.7. The number of aryl methyl sites for hydroxylation is 2. The van der Waals surface area contributed by atoms with E-state index in [-0.39, 0.29) is 5.38 Å². The van der Waals surface area contributed by atoms with Crippen LogP contribution in [0, 0.1) is 13.8 Å². The van der Waals surface area contributed by atoms with E-state index in [4.69, 9.17) is 11.6 Å². The van der Waals surface area contributed by atoms with Crippen molar-refractivity contribution in [3.05, 3.63) is 70.8 Å². The highest BCUT2D eigenvalue weighted by Crippen LogP contribution is 2.19. The predicted molar refractivity (Wildman–Crippen MR) is 82.7 cm³/mol. The van der Waals surface area contributed by atoms with Crippen molar-refractivity contribution in [2.75, 3.05) is 6.54 Å². The molecule has 0 spiro atoms. The van der Waals surface area contributed by atoms with Gasteiger partial charge in [0.15, 0.2) is 0 Å². The van der Waals surface area contributed by atoms with E-state index in [1.54, 1.807) is 0 Å². The third-order valence-corrected chi connectivity index (χ3v) is 3.84. The Bertz CT molecular complexity index is 502. The van der Waals surface area contributed by atoms with Crippen molar-refractivity contribution in [1.29, 1.82) is 0 Å². The lowest BCUT2D eigenvalue weighted by Crippen LogP contribution is -2.19. The van der Waals surface area contributed by atoms with Crippen LogP contribution < -0.4 is 5.32 Å². The molecule has 0 radical (unpaired) electrons. The molecule has 0 amide bonds. The van der Waals surface area contributed by atoms with E-state index >= 15 is 0 Å². The number of alkyl halides is 1. The summed E-state index contributed by atoms with van der Waals surface area (Å²) in [5.41, 5.74) is 5.20. The van der Waals surface area contributed by atoms with Crippen LogP contribution >= 0.6 is 11.6 Å². The van der Waals surface area contributed by atoms with Crippen LogP contribution in [-0.4, -0.2) is 6.54 Å². The normalized spacial score (nSPS) is 12.4. The van der Waals surface area contributed by atoms with Crippen LogP contribution in [0.15, 0.2) is 48.5 Å². The van der Waals surface area contributed by atoms with Crippen molar-refractivity contribution in [3.8, 4) is 0 Å². The molecule has 0 saturated heterocycles. The van der Waals surface area contributed by atoms with Gasteiger partial charge in [-0.1, -0.05) is 48.5 Å². The van der Waals surface area contributed by atoms with E-state index in [0.717, 1.165) is 18.7 Å². The topological polar surface area (TPSA) is 12.0 Å². The lowest BCUT2D eigenvalue weighted by Gasteiger charge is -2.14. The number of hydrogen-bond donors (Lipinski definition) is 1. The summed E-state index contributed by atoms with van der Waals surface area (Å²) < 4.78 is 0. The highest BCUT2D eigenvalue weighted by atomic mass is 35.5. The standard InChI is InChI=1S/C17H20ClN/c1-13-7-6-8-14(2)16(13)11-19-12-17(18)15-9-4-3-5-10-15/h3-10,17,19H,11-12H2,1-2H3. The first-order chi connectivity index (χ1) is 9.18. The summed E-state index contributed by atoms with van der Waals surface area (Å²) >= 11 is 6.39. The maximum Gasteiger partial charge on any atom is 0.0709 e. The van der Waals surface area contributed by atoms with Crippen molar-refractivity contribution in [1.82, 2.24) is 5.32 Å². The molecule has 0 aliphatic rings. The minimum atomic E-state index is 0.0190. The molecule has 1 N–H and O–H groups in total. The Labute approximate surface area is 120 Å². The second-order valence-electron chi connectivity index (χ2n) is 4.88. The van der Waals surface area contributed by atoms with E-state index in [1.165, 1.54) is 16.7 Å². The molecule has 0 aromatic heterocycles. The fraction of sp³-hybridized carbons (Fsp3) is 0.294. The Morgan fingerprint density at radius 1 is 0.947 bits per heavy atom. The Morgan fingerprint density at radius 3 is 2.21 bits per heavy atom. The van der Waals surface area contributed by atoms with Crippen LogP contribution in [0.4, 0.5) is 0 Å². The maximum absolute atomic E-state index is 6.39. The van der Waals surface area contributed by atoms with Gasteiger partial charge in [-0.05, 0) is 36.1 Å². The largest absolute Gasteiger partial charge is 0.311 e. The lowest BCUT2D eigenvalue weighted by molar-refractivity contribution is 0.670. The molecule has 2 aromatic carbocycles. The van der Waals surface area contributed by atoms with Crippen LogP contribution in [0.25, 0.3) is 0 Å². The van der Waals surface area contributed by atoms with Gasteiger partial charge >= 0.3 is 0 Å². The molecule has 0 bridgehead atoms. The Kier molecular flexibility index (Phi) is 5.00. The molecule has 19 heavy (non-hydrogen) atoms. The van der Waals surface area contributed by atoms with E-state index in [2.05, 4.69) is 49.5 Å². The first-order valence-electron chi connectivity index (χ1n) is 6.63. The second kappa shape index (κ2) is 6.74. The molecule has 1 nitrogen and oxygen atoms in total. The molecule has 2 aromatic rings. The minimum absolute atomic E-state index is 0.0190. The van der Waals surface area contributed by atoms with Gasteiger partial charge < -0.3 is 5.32 Å². The molecule has 100 valence electrons. The first-order valence-corrected chi connectivity index (χ1v) is 7.07. The van der Waals surface area contributed by atoms with Crippen molar-refractivity contribution in [2.24, 2.45) is 0 Å². The van der Waals surface area contributed by atoms with E-state index < -0.39 is 0 Å². The zero-order valence-electron chi connectivity index (χ0n) is 11.5. The van der Waals surface area contributed by atoms with E-state index in [0.29, 0.717) is 0 Å². The molecular weight excluding hydrogens is 254 g/mol. The van der Waals surface area contributed by atoms with Gasteiger partial charge in [-0.2, -0.15) is 0 Å². The summed E-state index contributed by atoms with van der Waals surface area (Å²) in [6.45, 7) is 5.95. The van der Waals surface area contributed by atoms with Gasteiger partial charge in [-0.3, -0.25) is 0 Å². The summed E-state index contributed by atoms with van der Waals surface area (Å²) in [6.07, 6.45) is 0. The highest BCUT2D eigenvalue weighted by Gasteiger charge is 2.07. The van der Waals surface area contributed by atoms with Crippen molar-refractivity contribution >= 4 is 11.6 Å². The number of hydrogen-bond acceptors (Lipinski definition) is 1. The molecule has 0 aliphatic carbocycles. The maximum atomic E-state index is 6.39. The Hall–Kier alpha value is -1.31. The van der Waals surface area contributed by atoms with E-state index in [9.17, 15) is 0 Å². The average Bonchev–Trinajstić information content (AvgIpc) is 2.43. The molecule has 1 unspecified atom stereocenters. The smallest absolute Gasteiger partial charge is 0.0709 e. The second-order valence-corrected chi connectivity index (χ2v) is 5.41. The summed E-state index contributed by atoms with van der Waals surface area (Å²) in [7, 11) is 0. The van der Waals surface area contributed by atoms with Crippen LogP contribution in [0.1, 0.15) is 27.6 Å². The van der Waals surface area contributed by atoms with Gasteiger partial charge in [0.25, 0.3) is 0 Å². The van der Waals surface area contributed by atoms with Gasteiger partial charge in [0.1, 0.15) is 0 Å². The van der Waals surface area contributed by atoms with Crippen LogP contribution in [0.5, 0.6) is 0 Å². The molecule has 0 aliphatic heterocycles. The molecule has 0 saturated carbocycles. The summed E-state index contributed by atoms with van der Waals surface area (Å²) in [5, 5.41) is 3.47. The van der Waals surface area contributed by atoms with E-state index in [1.807, 2.05) is 18.2 Å². The molecular formula is C17H20ClN. The average molecular weight is 274 g/mol. The molecule has 1 atom stereocenters. The van der Waals surface area contributed by atoms with Crippen molar-refractivity contribution in [3.63, 3.8) is 0 Å². The summed E-state index contributed by atoms with van der Waals surface area (Å²) in [4.78, 5) is 0. The highest BCUT2D eigenvalue weighted by molar-refractivity contribution is 6.21. The quantitative estimate of drug-likeness (QED) is 0.798. The first kappa shape index (κ1) is 14.1. The van der Waals surface area contributed by atoms with Crippen LogP contribution in [0.2, 0.25) is 0 Å². The van der Waals surface area contributed by atoms with Crippen LogP contribution in [0.3, 0.4) is 0 Å². The fourth-order valence-corrected chi connectivity index (χ4v) is 2.49. The number of halogens is 1. The van der Waals surface area contributed by atoms with Gasteiger partial charge in [-0.15, -0.1) is 11.6 Å². The predicted octanol–water partition coefficient (Wildman–Crippen LogP) is 4.37. The summed E-state index contributed by atoms with van der Waals surface area (Å²) in [6, 6.07) is 16.6. The van der Waals surface area contributed by atoms with Gasteiger partial charge in [-0.25, -0.2) is 0 Å². The van der Waals surface area contributed by atoms with Crippen LogP contribution in [-0.2, 0) is 6.54 Å². The van der Waals surface area contributed by atoms with Gasteiger partial charge in [0, 0.05) is 13.1 Å². The van der Waals surface area contributed by atoms with Gasteiger partial charge in [0.05, 0.1) is 5.38 Å². The number of rotatable bonds is 5. The third kappa shape index (κ3) is 3.82. The van der Waals surface area contributed by atoms with Crippen molar-refractivity contribution in [2.45, 2.75) is 25.8 Å². The summed E-state index contributed by atoms with van der Waals surface area (Å²) in [5.74, 6) is 0. The Morgan fingerprint density at radius 2 is 1.58 bits per heavy atom. The molecule has 0 fully saturated rings. The lowest BCUT2D eigenvalue weighted by atomic mass is 10.0.